The summed E-state index contributed by atoms with van der Waals surface area (Å²) in [7, 11) is 0. The van der Waals surface area contributed by atoms with Crippen LogP contribution in [-0.2, 0) is 28.6 Å². The van der Waals surface area contributed by atoms with Gasteiger partial charge in [-0.15, -0.1) is 0 Å². The Morgan fingerprint density at radius 3 is 2.35 bits per heavy atom. The van der Waals surface area contributed by atoms with Crippen molar-refractivity contribution in [3.05, 3.63) is 53.6 Å². The Morgan fingerprint density at radius 2 is 1.74 bits per heavy atom. The largest absolute Gasteiger partial charge is 0.457 e. The second kappa shape index (κ2) is 15.3. The van der Waals surface area contributed by atoms with Gasteiger partial charge in [-0.1, -0.05) is 83.2 Å². The first kappa shape index (κ1) is 37.4. The van der Waals surface area contributed by atoms with Crippen molar-refractivity contribution in [3.63, 3.8) is 0 Å². The number of ketones is 1. The number of fused-ring (bicyclic) bond motifs is 5. The highest BCUT2D eigenvalue weighted by Crippen LogP contribution is 2.41. The van der Waals surface area contributed by atoms with E-state index in [2.05, 4.69) is 4.99 Å². The molecule has 0 aromatic heterocycles. The van der Waals surface area contributed by atoms with Crippen molar-refractivity contribution in [2.75, 3.05) is 13.2 Å². The van der Waals surface area contributed by atoms with Gasteiger partial charge in [0.1, 0.15) is 11.7 Å². The van der Waals surface area contributed by atoms with Crippen LogP contribution in [0, 0.1) is 23.7 Å². The zero-order valence-corrected chi connectivity index (χ0v) is 28.8. The number of nitrogens with zero attached hydrogens (tertiary/aromatic N) is 1. The average molecular weight is 642 g/mol. The molecule has 1 N–H and O–H groups in total. The van der Waals surface area contributed by atoms with Crippen LogP contribution in [0.15, 0.2) is 53.0 Å². The minimum absolute atomic E-state index is 0.123. The molecule has 254 valence electrons. The third-order valence-corrected chi connectivity index (χ3v) is 9.97. The number of aliphatic hydroxyl groups is 1. The van der Waals surface area contributed by atoms with Crippen LogP contribution >= 0.6 is 0 Å². The first-order valence-electron chi connectivity index (χ1n) is 16.4. The molecular weight excluding hydrogens is 589 g/mol. The molecule has 2 bridgehead atoms. The van der Waals surface area contributed by atoms with Crippen LogP contribution < -0.4 is 0 Å². The molecule has 2 fully saturated rings. The molecule has 2 heterocycles. The molecule has 1 amide bonds. The molecule has 0 saturated carbocycles. The van der Waals surface area contributed by atoms with Crippen molar-refractivity contribution < 1.29 is 38.1 Å². The number of amides is 1. The van der Waals surface area contributed by atoms with Crippen molar-refractivity contribution in [1.29, 1.82) is 0 Å². The quantitative estimate of drug-likeness (QED) is 0.296. The SMILES string of the molecule is CC[C@H]1OC(=O)[C@@](C)(F)C(=O)[C@H](C)[C@@H](C)[C@@]2(C)C[C@@H](C)/C(=N\C(C)=O)[C@H](C)[C@@H](OCC/C(=C\C=C\c3ccccc3)CO2)[C@]1(C)O. The second-order valence-electron chi connectivity index (χ2n) is 13.7. The maximum absolute atomic E-state index is 16.2. The Hall–Kier alpha value is -3.01. The van der Waals surface area contributed by atoms with E-state index in [1.807, 2.05) is 76.3 Å². The van der Waals surface area contributed by atoms with Gasteiger partial charge in [0, 0.05) is 24.5 Å². The summed E-state index contributed by atoms with van der Waals surface area (Å²) >= 11 is 0. The summed E-state index contributed by atoms with van der Waals surface area (Å²) in [5.74, 6) is -5.14. The van der Waals surface area contributed by atoms with Gasteiger partial charge in [-0.3, -0.25) is 9.59 Å². The molecule has 3 rings (SSSR count). The van der Waals surface area contributed by atoms with E-state index in [1.54, 1.807) is 13.8 Å². The summed E-state index contributed by atoms with van der Waals surface area (Å²) in [6, 6.07) is 9.89. The predicted molar refractivity (Wildman–Crippen MR) is 177 cm³/mol. The number of Topliss-reactive ketones (excluding diaryl/α,β-unsaturated/α-hetero) is 1. The van der Waals surface area contributed by atoms with Crippen LogP contribution in [0.3, 0.4) is 0 Å². The number of benzene rings is 1. The van der Waals surface area contributed by atoms with E-state index in [-0.39, 0.29) is 25.6 Å². The molecule has 9 heteroatoms. The third-order valence-electron chi connectivity index (χ3n) is 9.97. The van der Waals surface area contributed by atoms with E-state index < -0.39 is 64.5 Å². The fourth-order valence-electron chi connectivity index (χ4n) is 6.87. The lowest BCUT2D eigenvalue weighted by Gasteiger charge is -2.45. The van der Waals surface area contributed by atoms with Gasteiger partial charge in [-0.25, -0.2) is 14.2 Å². The highest BCUT2D eigenvalue weighted by molar-refractivity contribution is 6.07. The molecule has 0 spiro atoms. The minimum atomic E-state index is -2.96. The number of esters is 1. The van der Waals surface area contributed by atoms with Gasteiger partial charge in [0.25, 0.3) is 5.67 Å². The normalized spacial score (nSPS) is 38.9. The Balaban J connectivity index is 2.25. The van der Waals surface area contributed by atoms with Crippen LogP contribution in [0.25, 0.3) is 6.08 Å². The smallest absolute Gasteiger partial charge is 0.351 e. The molecule has 2 aliphatic heterocycles. The number of carbonyl (C=O) groups excluding carboxylic acids is 3. The number of alkyl halides is 1. The number of rotatable bonds is 3. The Kier molecular flexibility index (Phi) is 12.4. The standard InChI is InChI=1S/C37H52FNO7/c1-10-30-37(9,43)33-25(4)31(39-27(6)40)23(2)21-35(7,26(5)24(3)32(41)36(8,38)34(42)46-30)45-22-29(19-20-44-33)18-14-17-28-15-12-11-13-16-28/h11-18,23-26,30,33,43H,10,19-22H2,1-9H3/b17-14+,29-18+,39-31+/t23-,24-,25+,26-,30-,33-,35-,36+,37-/m1/s1. The molecule has 1 aromatic rings. The highest BCUT2D eigenvalue weighted by atomic mass is 19.1. The van der Waals surface area contributed by atoms with E-state index in [4.69, 9.17) is 14.2 Å². The molecule has 2 aliphatic rings. The third kappa shape index (κ3) is 8.47. The van der Waals surface area contributed by atoms with E-state index in [9.17, 15) is 19.5 Å². The number of hydrogen-bond acceptors (Lipinski definition) is 7. The first-order valence-corrected chi connectivity index (χ1v) is 16.4. The number of halogens is 1. The van der Waals surface area contributed by atoms with Gasteiger partial charge in [-0.2, -0.15) is 0 Å². The maximum Gasteiger partial charge on any atom is 0.351 e. The fraction of sp³-hybridized carbons (Fsp3) is 0.622. The topological polar surface area (TPSA) is 111 Å². The van der Waals surface area contributed by atoms with Gasteiger partial charge in [-0.05, 0) is 63.0 Å². The monoisotopic (exact) mass is 641 g/mol. The van der Waals surface area contributed by atoms with Crippen LogP contribution in [0.1, 0.15) is 87.1 Å². The Bertz CT molecular complexity index is 1330. The summed E-state index contributed by atoms with van der Waals surface area (Å²) in [6.07, 6.45) is 4.59. The summed E-state index contributed by atoms with van der Waals surface area (Å²) in [6.45, 7) is 14.9. The van der Waals surface area contributed by atoms with E-state index in [0.717, 1.165) is 18.1 Å². The van der Waals surface area contributed by atoms with Crippen molar-refractivity contribution in [2.24, 2.45) is 28.7 Å². The van der Waals surface area contributed by atoms with Crippen molar-refractivity contribution in [2.45, 2.75) is 111 Å². The lowest BCUT2D eigenvalue weighted by molar-refractivity contribution is -0.201. The zero-order chi connectivity index (χ0) is 34.4. The van der Waals surface area contributed by atoms with Gasteiger partial charge in [0.15, 0.2) is 5.78 Å². The molecule has 0 radical (unpaired) electrons. The molecule has 0 unspecified atom stereocenters. The molecule has 9 atom stereocenters. The minimum Gasteiger partial charge on any atom is -0.457 e. The number of hydrogen-bond donors (Lipinski definition) is 1. The lowest BCUT2D eigenvalue weighted by atomic mass is 9.70. The van der Waals surface area contributed by atoms with Gasteiger partial charge in [0.2, 0.25) is 5.91 Å². The first-order chi connectivity index (χ1) is 21.5. The lowest BCUT2D eigenvalue weighted by Crippen LogP contribution is -2.59. The van der Waals surface area contributed by atoms with Gasteiger partial charge < -0.3 is 19.3 Å². The van der Waals surface area contributed by atoms with Crippen LogP contribution in [0.5, 0.6) is 0 Å². The summed E-state index contributed by atoms with van der Waals surface area (Å²) in [5.41, 5.74) is -3.35. The molecule has 0 aliphatic carbocycles. The fourth-order valence-corrected chi connectivity index (χ4v) is 6.87. The predicted octanol–water partition coefficient (Wildman–Crippen LogP) is 6.50. The number of ether oxygens (including phenoxy) is 3. The highest BCUT2D eigenvalue weighted by Gasteiger charge is 2.54. The summed E-state index contributed by atoms with van der Waals surface area (Å²) in [4.78, 5) is 43.8. The van der Waals surface area contributed by atoms with Crippen LogP contribution in [0.2, 0.25) is 0 Å². The van der Waals surface area contributed by atoms with Crippen LogP contribution in [0.4, 0.5) is 4.39 Å². The van der Waals surface area contributed by atoms with Gasteiger partial charge in [0.05, 0.1) is 24.9 Å². The molecular formula is C37H52FNO7. The summed E-state index contributed by atoms with van der Waals surface area (Å²) in [5, 5.41) is 12.1. The summed E-state index contributed by atoms with van der Waals surface area (Å²) < 4.78 is 34.9. The zero-order valence-electron chi connectivity index (χ0n) is 28.8. The van der Waals surface area contributed by atoms with Crippen molar-refractivity contribution in [3.8, 4) is 0 Å². The van der Waals surface area contributed by atoms with Crippen molar-refractivity contribution in [1.82, 2.24) is 0 Å². The molecule has 8 nitrogen and oxygen atoms in total. The van der Waals surface area contributed by atoms with Crippen molar-refractivity contribution >= 4 is 29.4 Å². The average Bonchev–Trinajstić information content (AvgIpc) is 3.00. The maximum atomic E-state index is 16.2. The van der Waals surface area contributed by atoms with Crippen LogP contribution in [-0.4, -0.2) is 70.8 Å². The number of allylic oxidation sites excluding steroid dienone is 2. The van der Waals surface area contributed by atoms with E-state index >= 15 is 4.39 Å². The Morgan fingerprint density at radius 1 is 1.09 bits per heavy atom. The number of carbonyl (C=O) groups is 3. The molecule has 46 heavy (non-hydrogen) atoms. The molecule has 2 saturated heterocycles. The number of aliphatic imine (C=N–C) groups is 1. The van der Waals surface area contributed by atoms with E-state index in [1.165, 1.54) is 13.8 Å². The molecule has 1 aromatic carbocycles. The van der Waals surface area contributed by atoms with E-state index in [0.29, 0.717) is 18.6 Å². The van der Waals surface area contributed by atoms with Gasteiger partial charge >= 0.3 is 5.97 Å². The second-order valence-corrected chi connectivity index (χ2v) is 13.7. The number of cyclic esters (lactones) is 1. The Labute approximate surface area is 273 Å².